The molecule has 1 heterocycles. The maximum Gasteiger partial charge on any atom is 0.273 e. The molecule has 0 bridgehead atoms. The molecular weight excluding hydrogens is 402 g/mol. The predicted octanol–water partition coefficient (Wildman–Crippen LogP) is 2.70. The third-order valence-electron chi connectivity index (χ3n) is 3.88. The highest BCUT2D eigenvalue weighted by Crippen LogP contribution is 2.35. The smallest absolute Gasteiger partial charge is 0.273 e. The zero-order chi connectivity index (χ0) is 18.7. The molecule has 1 aromatic carbocycles. The molecule has 0 radical (unpaired) electrons. The first kappa shape index (κ1) is 18.1. The molecule has 26 heavy (non-hydrogen) atoms. The summed E-state index contributed by atoms with van der Waals surface area (Å²) in [5.74, 6) is 0.422. The fourth-order valence-corrected chi connectivity index (χ4v) is 2.90. The van der Waals surface area contributed by atoms with Crippen molar-refractivity contribution in [1.82, 2.24) is 15.5 Å². The van der Waals surface area contributed by atoms with E-state index < -0.39 is 5.91 Å². The standard InChI is InChI=1S/C17H18BrN5O3/c1-19-17(25)14-12(20-11-5-3-4-10(18)15(11)26-2)8-13(22-23-14)21-16(24)9-6-7-9/h3-5,8-9H,6-7H2,1-2H3,(H,19,25)(H2,20,21,22,24). The number of carbonyl (C=O) groups excluding carboxylic acids is 2. The Morgan fingerprint density at radius 3 is 2.65 bits per heavy atom. The number of ether oxygens (including phenoxy) is 1. The summed E-state index contributed by atoms with van der Waals surface area (Å²) in [6, 6.07) is 7.06. The number of hydrogen-bond donors (Lipinski definition) is 3. The van der Waals surface area contributed by atoms with Gasteiger partial charge in [0.15, 0.2) is 17.3 Å². The molecule has 3 rings (SSSR count). The SMILES string of the molecule is CNC(=O)c1nnc(NC(=O)C2CC2)cc1Nc1cccc(Br)c1OC. The first-order valence-corrected chi connectivity index (χ1v) is 8.83. The van der Waals surface area contributed by atoms with Gasteiger partial charge in [-0.15, -0.1) is 10.2 Å². The van der Waals surface area contributed by atoms with Crippen molar-refractivity contribution >= 4 is 44.9 Å². The van der Waals surface area contributed by atoms with Crippen LogP contribution in [0.15, 0.2) is 28.7 Å². The third kappa shape index (κ3) is 3.93. The molecule has 8 nitrogen and oxygen atoms in total. The molecule has 9 heteroatoms. The average Bonchev–Trinajstić information content (AvgIpc) is 3.47. The van der Waals surface area contributed by atoms with Crippen LogP contribution in [-0.4, -0.2) is 36.2 Å². The monoisotopic (exact) mass is 419 g/mol. The van der Waals surface area contributed by atoms with Gasteiger partial charge in [-0.25, -0.2) is 0 Å². The molecule has 0 spiro atoms. The summed E-state index contributed by atoms with van der Waals surface area (Å²) in [5, 5.41) is 16.3. The number of hydrogen-bond acceptors (Lipinski definition) is 6. The van der Waals surface area contributed by atoms with E-state index in [4.69, 9.17) is 4.74 Å². The minimum atomic E-state index is -0.394. The van der Waals surface area contributed by atoms with Crippen LogP contribution >= 0.6 is 15.9 Å². The summed E-state index contributed by atoms with van der Waals surface area (Å²) in [7, 11) is 3.06. The number of methoxy groups -OCH3 is 1. The highest BCUT2D eigenvalue weighted by Gasteiger charge is 2.30. The van der Waals surface area contributed by atoms with E-state index in [-0.39, 0.29) is 23.3 Å². The van der Waals surface area contributed by atoms with Crippen molar-refractivity contribution in [3.8, 4) is 5.75 Å². The van der Waals surface area contributed by atoms with Gasteiger partial charge in [-0.05, 0) is 40.9 Å². The van der Waals surface area contributed by atoms with Crippen LogP contribution in [0.2, 0.25) is 0 Å². The number of aromatic nitrogens is 2. The quantitative estimate of drug-likeness (QED) is 0.664. The fourth-order valence-electron chi connectivity index (χ4n) is 2.37. The minimum Gasteiger partial charge on any atom is -0.493 e. The number of nitrogens with one attached hydrogen (secondary N) is 3. The van der Waals surface area contributed by atoms with Gasteiger partial charge in [0.1, 0.15) is 0 Å². The molecule has 1 saturated carbocycles. The van der Waals surface area contributed by atoms with Gasteiger partial charge < -0.3 is 20.7 Å². The van der Waals surface area contributed by atoms with E-state index in [1.165, 1.54) is 7.05 Å². The van der Waals surface area contributed by atoms with Gasteiger partial charge in [0, 0.05) is 19.0 Å². The average molecular weight is 420 g/mol. The number of rotatable bonds is 6. The van der Waals surface area contributed by atoms with Gasteiger partial charge in [0.25, 0.3) is 5.91 Å². The first-order valence-electron chi connectivity index (χ1n) is 8.03. The Kier molecular flexibility index (Phi) is 5.36. The lowest BCUT2D eigenvalue weighted by molar-refractivity contribution is -0.117. The predicted molar refractivity (Wildman–Crippen MR) is 101 cm³/mol. The highest BCUT2D eigenvalue weighted by atomic mass is 79.9. The van der Waals surface area contributed by atoms with Crippen LogP contribution in [0.3, 0.4) is 0 Å². The van der Waals surface area contributed by atoms with E-state index in [0.717, 1.165) is 17.3 Å². The second-order valence-electron chi connectivity index (χ2n) is 5.78. The number of carbonyl (C=O) groups is 2. The second kappa shape index (κ2) is 7.69. The third-order valence-corrected chi connectivity index (χ3v) is 4.50. The molecule has 0 aliphatic heterocycles. The number of nitrogens with zero attached hydrogens (tertiary/aromatic N) is 2. The lowest BCUT2D eigenvalue weighted by Crippen LogP contribution is -2.22. The second-order valence-corrected chi connectivity index (χ2v) is 6.63. The highest BCUT2D eigenvalue weighted by molar-refractivity contribution is 9.10. The summed E-state index contributed by atoms with van der Waals surface area (Å²) >= 11 is 3.42. The molecule has 136 valence electrons. The molecular formula is C17H18BrN5O3. The van der Waals surface area contributed by atoms with Crippen LogP contribution in [0, 0.1) is 5.92 Å². The van der Waals surface area contributed by atoms with Gasteiger partial charge in [0.2, 0.25) is 5.91 Å². The van der Waals surface area contributed by atoms with Crippen LogP contribution in [0.4, 0.5) is 17.2 Å². The zero-order valence-electron chi connectivity index (χ0n) is 14.3. The Bertz CT molecular complexity index is 854. The van der Waals surface area contributed by atoms with Gasteiger partial charge in [0.05, 0.1) is 23.0 Å². The first-order chi connectivity index (χ1) is 12.5. The van der Waals surface area contributed by atoms with Crippen molar-refractivity contribution < 1.29 is 14.3 Å². The van der Waals surface area contributed by atoms with Crippen LogP contribution in [0.1, 0.15) is 23.3 Å². The van der Waals surface area contributed by atoms with E-state index in [0.29, 0.717) is 17.1 Å². The van der Waals surface area contributed by atoms with E-state index in [2.05, 4.69) is 42.1 Å². The van der Waals surface area contributed by atoms with E-state index in [1.807, 2.05) is 12.1 Å². The maximum atomic E-state index is 12.1. The molecule has 1 aliphatic carbocycles. The molecule has 0 unspecified atom stereocenters. The lowest BCUT2D eigenvalue weighted by atomic mass is 10.2. The zero-order valence-corrected chi connectivity index (χ0v) is 15.9. The van der Waals surface area contributed by atoms with Gasteiger partial charge in [-0.3, -0.25) is 9.59 Å². The molecule has 1 aliphatic rings. The molecule has 3 N–H and O–H groups in total. The summed E-state index contributed by atoms with van der Waals surface area (Å²) in [5.41, 5.74) is 1.15. The van der Waals surface area contributed by atoms with Crippen molar-refractivity contribution in [2.24, 2.45) is 5.92 Å². The van der Waals surface area contributed by atoms with Crippen molar-refractivity contribution in [3.63, 3.8) is 0 Å². The number of amides is 2. The summed E-state index contributed by atoms with van der Waals surface area (Å²) < 4.78 is 6.15. The van der Waals surface area contributed by atoms with Crippen molar-refractivity contribution in [2.75, 3.05) is 24.8 Å². The largest absolute Gasteiger partial charge is 0.493 e. The molecule has 1 fully saturated rings. The summed E-state index contributed by atoms with van der Waals surface area (Å²) in [4.78, 5) is 24.1. The summed E-state index contributed by atoms with van der Waals surface area (Å²) in [6.07, 6.45) is 1.77. The number of halogens is 1. The number of benzene rings is 1. The number of anilines is 3. The van der Waals surface area contributed by atoms with Gasteiger partial charge in [-0.1, -0.05) is 6.07 Å². The number of para-hydroxylation sites is 1. The topological polar surface area (TPSA) is 105 Å². The molecule has 2 aromatic rings. The van der Waals surface area contributed by atoms with E-state index in [1.54, 1.807) is 19.2 Å². The van der Waals surface area contributed by atoms with Crippen LogP contribution in [0.25, 0.3) is 0 Å². The lowest BCUT2D eigenvalue weighted by Gasteiger charge is -2.15. The van der Waals surface area contributed by atoms with Gasteiger partial charge >= 0.3 is 0 Å². The maximum absolute atomic E-state index is 12.1. The Balaban J connectivity index is 1.95. The van der Waals surface area contributed by atoms with Crippen LogP contribution in [0.5, 0.6) is 5.75 Å². The Labute approximate surface area is 158 Å². The van der Waals surface area contributed by atoms with E-state index in [9.17, 15) is 9.59 Å². The Morgan fingerprint density at radius 1 is 1.23 bits per heavy atom. The Morgan fingerprint density at radius 2 is 2.00 bits per heavy atom. The van der Waals surface area contributed by atoms with Crippen LogP contribution in [-0.2, 0) is 4.79 Å². The van der Waals surface area contributed by atoms with Crippen molar-refractivity contribution in [1.29, 1.82) is 0 Å². The van der Waals surface area contributed by atoms with Crippen LogP contribution < -0.4 is 20.7 Å². The molecule has 2 amide bonds. The summed E-state index contributed by atoms with van der Waals surface area (Å²) in [6.45, 7) is 0. The molecule has 0 saturated heterocycles. The fraction of sp³-hybridized carbons (Fsp3) is 0.294. The molecule has 0 atom stereocenters. The minimum absolute atomic E-state index is 0.0389. The normalized spacial score (nSPS) is 13.0. The Hall–Kier alpha value is -2.68. The molecule has 1 aromatic heterocycles. The van der Waals surface area contributed by atoms with Crippen molar-refractivity contribution in [2.45, 2.75) is 12.8 Å². The van der Waals surface area contributed by atoms with E-state index >= 15 is 0 Å². The van der Waals surface area contributed by atoms with Crippen molar-refractivity contribution in [3.05, 3.63) is 34.4 Å². The van der Waals surface area contributed by atoms with Gasteiger partial charge in [-0.2, -0.15) is 0 Å².